The number of hydrogen-bond acceptors (Lipinski definition) is 3. The molecule has 0 bridgehead atoms. The fourth-order valence-corrected chi connectivity index (χ4v) is 3.05. The standard InChI is InChI=1S/C19H22N2O3/c1-13(15-9-8-14-5-2-3-6-16(14)11-15)21-18(22)12-20-19(23)17-7-4-10-24-17/h4,7-11,13H,2-3,5-6,12H2,1H3,(H,20,23)(H,21,22)/t13-/m1/s1. The Morgan fingerprint density at radius 2 is 1.96 bits per heavy atom. The van der Waals surface area contributed by atoms with Crippen LogP contribution in [-0.2, 0) is 17.6 Å². The summed E-state index contributed by atoms with van der Waals surface area (Å²) in [5, 5.41) is 5.47. The second-order valence-electron chi connectivity index (χ2n) is 6.18. The third kappa shape index (κ3) is 3.85. The highest BCUT2D eigenvalue weighted by Gasteiger charge is 2.15. The van der Waals surface area contributed by atoms with E-state index in [-0.39, 0.29) is 24.3 Å². The minimum Gasteiger partial charge on any atom is -0.459 e. The SMILES string of the molecule is C[C@@H](NC(=O)CNC(=O)c1ccco1)c1ccc2c(c1)CCCC2. The van der Waals surface area contributed by atoms with Gasteiger partial charge in [-0.05, 0) is 61.4 Å². The normalized spacial score (nSPS) is 14.5. The Balaban J connectivity index is 1.53. The number of amides is 2. The molecule has 2 aromatic rings. The number of furan rings is 1. The number of carbonyl (C=O) groups is 2. The van der Waals surface area contributed by atoms with E-state index in [0.717, 1.165) is 18.4 Å². The lowest BCUT2D eigenvalue weighted by atomic mass is 9.89. The van der Waals surface area contributed by atoms with Crippen molar-refractivity contribution in [2.45, 2.75) is 38.6 Å². The zero-order valence-electron chi connectivity index (χ0n) is 13.8. The second-order valence-corrected chi connectivity index (χ2v) is 6.18. The number of nitrogens with one attached hydrogen (secondary N) is 2. The average Bonchev–Trinajstić information content (AvgIpc) is 3.14. The summed E-state index contributed by atoms with van der Waals surface area (Å²) >= 11 is 0. The van der Waals surface area contributed by atoms with Crippen LogP contribution >= 0.6 is 0 Å². The monoisotopic (exact) mass is 326 g/mol. The van der Waals surface area contributed by atoms with Gasteiger partial charge < -0.3 is 15.1 Å². The first kappa shape index (κ1) is 16.3. The number of benzene rings is 1. The predicted molar refractivity (Wildman–Crippen MR) is 90.7 cm³/mol. The maximum atomic E-state index is 12.0. The Morgan fingerprint density at radius 3 is 2.71 bits per heavy atom. The molecular formula is C19H22N2O3. The molecule has 3 rings (SSSR count). The maximum Gasteiger partial charge on any atom is 0.287 e. The van der Waals surface area contributed by atoms with E-state index in [1.54, 1.807) is 12.1 Å². The molecule has 1 aromatic heterocycles. The van der Waals surface area contributed by atoms with Gasteiger partial charge in [-0.3, -0.25) is 9.59 Å². The highest BCUT2D eigenvalue weighted by Crippen LogP contribution is 2.24. The summed E-state index contributed by atoms with van der Waals surface area (Å²) in [6.07, 6.45) is 6.18. The molecule has 2 amide bonds. The topological polar surface area (TPSA) is 71.3 Å². The molecule has 0 aliphatic heterocycles. The van der Waals surface area contributed by atoms with Crippen LogP contribution in [0.5, 0.6) is 0 Å². The molecule has 1 aliphatic rings. The molecule has 24 heavy (non-hydrogen) atoms. The number of rotatable bonds is 5. The van der Waals surface area contributed by atoms with E-state index in [1.165, 1.54) is 30.2 Å². The van der Waals surface area contributed by atoms with Gasteiger partial charge in [-0.2, -0.15) is 0 Å². The van der Waals surface area contributed by atoms with E-state index < -0.39 is 5.91 Å². The minimum absolute atomic E-state index is 0.0746. The van der Waals surface area contributed by atoms with Crippen molar-refractivity contribution in [2.24, 2.45) is 0 Å². The van der Waals surface area contributed by atoms with Gasteiger partial charge in [0.2, 0.25) is 5.91 Å². The van der Waals surface area contributed by atoms with Crippen molar-refractivity contribution in [1.82, 2.24) is 10.6 Å². The van der Waals surface area contributed by atoms with E-state index >= 15 is 0 Å². The van der Waals surface area contributed by atoms with Crippen molar-refractivity contribution >= 4 is 11.8 Å². The Labute approximate surface area is 141 Å². The molecule has 0 unspecified atom stereocenters. The van der Waals surface area contributed by atoms with E-state index in [4.69, 9.17) is 4.42 Å². The molecular weight excluding hydrogens is 304 g/mol. The Kier molecular flexibility index (Phi) is 4.99. The number of aryl methyl sites for hydroxylation is 2. The van der Waals surface area contributed by atoms with Gasteiger partial charge in [-0.1, -0.05) is 18.2 Å². The van der Waals surface area contributed by atoms with Crippen LogP contribution in [0.1, 0.15) is 53.1 Å². The third-order valence-corrected chi connectivity index (χ3v) is 4.40. The maximum absolute atomic E-state index is 12.0. The van der Waals surface area contributed by atoms with Crippen LogP contribution in [0.15, 0.2) is 41.0 Å². The second kappa shape index (κ2) is 7.34. The van der Waals surface area contributed by atoms with Crippen LogP contribution < -0.4 is 10.6 Å². The van der Waals surface area contributed by atoms with Crippen LogP contribution in [0.25, 0.3) is 0 Å². The third-order valence-electron chi connectivity index (χ3n) is 4.40. The first-order valence-electron chi connectivity index (χ1n) is 8.36. The minimum atomic E-state index is -0.392. The van der Waals surface area contributed by atoms with Crippen molar-refractivity contribution in [2.75, 3.05) is 6.54 Å². The summed E-state index contributed by atoms with van der Waals surface area (Å²) in [6, 6.07) is 9.55. The van der Waals surface area contributed by atoms with Gasteiger partial charge >= 0.3 is 0 Å². The number of carbonyl (C=O) groups excluding carboxylic acids is 2. The zero-order valence-corrected chi connectivity index (χ0v) is 13.8. The van der Waals surface area contributed by atoms with Crippen LogP contribution in [0.4, 0.5) is 0 Å². The first-order chi connectivity index (χ1) is 11.6. The molecule has 2 N–H and O–H groups in total. The molecule has 5 nitrogen and oxygen atoms in total. The van der Waals surface area contributed by atoms with Gasteiger partial charge in [0.15, 0.2) is 5.76 Å². The molecule has 1 aliphatic carbocycles. The summed E-state index contributed by atoms with van der Waals surface area (Å²) in [5.74, 6) is -0.415. The van der Waals surface area contributed by atoms with E-state index in [1.807, 2.05) is 6.92 Å². The fourth-order valence-electron chi connectivity index (χ4n) is 3.05. The lowest BCUT2D eigenvalue weighted by Crippen LogP contribution is -2.37. The fraction of sp³-hybridized carbons (Fsp3) is 0.368. The number of hydrogen-bond donors (Lipinski definition) is 2. The first-order valence-corrected chi connectivity index (χ1v) is 8.36. The molecule has 126 valence electrons. The summed E-state index contributed by atoms with van der Waals surface area (Å²) in [6.45, 7) is 1.88. The van der Waals surface area contributed by atoms with E-state index in [2.05, 4.69) is 28.8 Å². The van der Waals surface area contributed by atoms with Gasteiger partial charge in [0.25, 0.3) is 5.91 Å². The molecule has 1 atom stereocenters. The Hall–Kier alpha value is -2.56. The molecule has 0 fully saturated rings. The van der Waals surface area contributed by atoms with Crippen LogP contribution in [0.2, 0.25) is 0 Å². The molecule has 0 saturated carbocycles. The highest BCUT2D eigenvalue weighted by molar-refractivity contribution is 5.94. The predicted octanol–water partition coefficient (Wildman–Crippen LogP) is 2.77. The molecule has 0 spiro atoms. The quantitative estimate of drug-likeness (QED) is 0.887. The van der Waals surface area contributed by atoms with Crippen molar-refractivity contribution < 1.29 is 14.0 Å². The highest BCUT2D eigenvalue weighted by atomic mass is 16.3. The lowest BCUT2D eigenvalue weighted by Gasteiger charge is -2.20. The summed E-state index contributed by atoms with van der Waals surface area (Å²) in [7, 11) is 0. The average molecular weight is 326 g/mol. The van der Waals surface area contributed by atoms with E-state index in [9.17, 15) is 9.59 Å². The van der Waals surface area contributed by atoms with Gasteiger partial charge in [-0.15, -0.1) is 0 Å². The van der Waals surface area contributed by atoms with E-state index in [0.29, 0.717) is 0 Å². The smallest absolute Gasteiger partial charge is 0.287 e. The van der Waals surface area contributed by atoms with Gasteiger partial charge in [0.05, 0.1) is 18.8 Å². The molecule has 0 radical (unpaired) electrons. The lowest BCUT2D eigenvalue weighted by molar-refractivity contribution is -0.120. The van der Waals surface area contributed by atoms with Crippen LogP contribution in [-0.4, -0.2) is 18.4 Å². The summed E-state index contributed by atoms with van der Waals surface area (Å²) < 4.78 is 4.99. The zero-order chi connectivity index (χ0) is 16.9. The molecule has 1 heterocycles. The Morgan fingerprint density at radius 1 is 1.17 bits per heavy atom. The summed E-state index contributed by atoms with van der Waals surface area (Å²) in [5.41, 5.74) is 3.92. The van der Waals surface area contributed by atoms with Crippen molar-refractivity contribution in [3.63, 3.8) is 0 Å². The van der Waals surface area contributed by atoms with Crippen LogP contribution in [0, 0.1) is 0 Å². The summed E-state index contributed by atoms with van der Waals surface area (Å²) in [4.78, 5) is 23.8. The van der Waals surface area contributed by atoms with Crippen molar-refractivity contribution in [1.29, 1.82) is 0 Å². The molecule has 5 heteroatoms. The molecule has 1 aromatic carbocycles. The van der Waals surface area contributed by atoms with Crippen molar-refractivity contribution in [3.05, 3.63) is 59.0 Å². The molecule has 0 saturated heterocycles. The van der Waals surface area contributed by atoms with Crippen molar-refractivity contribution in [3.8, 4) is 0 Å². The Bertz CT molecular complexity index is 722. The van der Waals surface area contributed by atoms with Gasteiger partial charge in [0.1, 0.15) is 0 Å². The number of fused-ring (bicyclic) bond motifs is 1. The van der Waals surface area contributed by atoms with Gasteiger partial charge in [0, 0.05) is 0 Å². The van der Waals surface area contributed by atoms with Crippen LogP contribution in [0.3, 0.4) is 0 Å². The largest absolute Gasteiger partial charge is 0.459 e. The van der Waals surface area contributed by atoms with Gasteiger partial charge in [-0.25, -0.2) is 0 Å².